The molecule has 0 aromatic heterocycles. The third kappa shape index (κ3) is 3.00. The molecular weight excluding hydrogens is 253 g/mol. The van der Waals surface area contributed by atoms with Crippen molar-refractivity contribution in [2.75, 3.05) is 6.61 Å². The van der Waals surface area contributed by atoms with E-state index in [-0.39, 0.29) is 15.7 Å². The molecule has 0 radical (unpaired) electrons. The Kier molecular flexibility index (Phi) is 4.38. The third-order valence-corrected chi connectivity index (χ3v) is 2.65. The Labute approximate surface area is 103 Å². The first-order valence-electron chi connectivity index (χ1n) is 4.68. The van der Waals surface area contributed by atoms with Crippen LogP contribution in [0.3, 0.4) is 0 Å². The largest absolute Gasteiger partial charge is 0.492 e. The van der Waals surface area contributed by atoms with Gasteiger partial charge in [-0.3, -0.25) is 10.1 Å². The third-order valence-electron chi connectivity index (χ3n) is 1.80. The number of hydrogen-bond acceptors (Lipinski definition) is 3. The minimum atomic E-state index is -0.583. The lowest BCUT2D eigenvalue weighted by atomic mass is 10.2. The van der Waals surface area contributed by atoms with E-state index in [9.17, 15) is 10.1 Å². The van der Waals surface area contributed by atoms with Gasteiger partial charge in [0.1, 0.15) is 15.8 Å². The Bertz CT molecular complexity index is 407. The molecule has 0 aliphatic rings. The highest BCUT2D eigenvalue weighted by atomic mass is 35.5. The van der Waals surface area contributed by atoms with E-state index in [1.165, 1.54) is 12.1 Å². The standard InChI is InChI=1S/C10H11Cl2NO3/c1-6(2)5-16-8-4-3-7(13(14)15)9(11)10(8)12/h3-4,6H,5H2,1-2H3. The summed E-state index contributed by atoms with van der Waals surface area (Å²) in [6.07, 6.45) is 0. The van der Waals surface area contributed by atoms with Crippen molar-refractivity contribution in [1.29, 1.82) is 0 Å². The molecule has 0 saturated carbocycles. The summed E-state index contributed by atoms with van der Waals surface area (Å²) >= 11 is 11.6. The van der Waals surface area contributed by atoms with E-state index >= 15 is 0 Å². The molecule has 0 bridgehead atoms. The molecule has 6 heteroatoms. The van der Waals surface area contributed by atoms with Crippen LogP contribution < -0.4 is 4.74 Å². The van der Waals surface area contributed by atoms with Gasteiger partial charge in [-0.2, -0.15) is 0 Å². The Morgan fingerprint density at radius 1 is 1.38 bits per heavy atom. The number of nitro groups is 1. The van der Waals surface area contributed by atoms with Gasteiger partial charge < -0.3 is 4.74 Å². The summed E-state index contributed by atoms with van der Waals surface area (Å²) in [5.41, 5.74) is -0.219. The fraction of sp³-hybridized carbons (Fsp3) is 0.400. The minimum absolute atomic E-state index is 0.0801. The van der Waals surface area contributed by atoms with Gasteiger partial charge in [0.2, 0.25) is 0 Å². The predicted molar refractivity (Wildman–Crippen MR) is 63.4 cm³/mol. The molecule has 0 unspecified atom stereocenters. The summed E-state index contributed by atoms with van der Waals surface area (Å²) in [5, 5.41) is 10.6. The van der Waals surface area contributed by atoms with E-state index in [1.54, 1.807) is 0 Å². The first-order chi connectivity index (χ1) is 7.43. The second kappa shape index (κ2) is 5.37. The van der Waals surface area contributed by atoms with Gasteiger partial charge in [0.15, 0.2) is 0 Å². The maximum absolute atomic E-state index is 10.6. The number of nitrogens with zero attached hydrogens (tertiary/aromatic N) is 1. The average molecular weight is 264 g/mol. The van der Waals surface area contributed by atoms with Crippen molar-refractivity contribution < 1.29 is 9.66 Å². The summed E-state index contributed by atoms with van der Waals surface area (Å²) in [7, 11) is 0. The van der Waals surface area contributed by atoms with Crippen LogP contribution in [0.5, 0.6) is 5.75 Å². The SMILES string of the molecule is CC(C)COc1ccc([N+](=O)[O-])c(Cl)c1Cl. The van der Waals surface area contributed by atoms with Gasteiger partial charge in [0.25, 0.3) is 5.69 Å². The lowest BCUT2D eigenvalue weighted by Crippen LogP contribution is -2.05. The molecule has 0 spiro atoms. The van der Waals surface area contributed by atoms with Crippen molar-refractivity contribution >= 4 is 28.9 Å². The zero-order valence-electron chi connectivity index (χ0n) is 8.87. The van der Waals surface area contributed by atoms with E-state index in [0.29, 0.717) is 18.3 Å². The van der Waals surface area contributed by atoms with Gasteiger partial charge >= 0.3 is 0 Å². The smallest absolute Gasteiger partial charge is 0.289 e. The predicted octanol–water partition coefficient (Wildman–Crippen LogP) is 3.94. The number of rotatable bonds is 4. The van der Waals surface area contributed by atoms with Gasteiger partial charge in [-0.15, -0.1) is 0 Å². The quantitative estimate of drug-likeness (QED) is 0.611. The average Bonchev–Trinajstić information content (AvgIpc) is 2.19. The maximum atomic E-state index is 10.6. The Hall–Kier alpha value is -1.00. The molecule has 0 amide bonds. The monoisotopic (exact) mass is 263 g/mol. The zero-order valence-corrected chi connectivity index (χ0v) is 10.4. The molecule has 88 valence electrons. The van der Waals surface area contributed by atoms with E-state index in [2.05, 4.69) is 0 Å². The van der Waals surface area contributed by atoms with Gasteiger partial charge in [0.05, 0.1) is 11.5 Å². The van der Waals surface area contributed by atoms with Crippen LogP contribution in [-0.2, 0) is 0 Å². The van der Waals surface area contributed by atoms with Crippen LogP contribution in [0.2, 0.25) is 10.0 Å². The van der Waals surface area contributed by atoms with E-state index in [4.69, 9.17) is 27.9 Å². The Morgan fingerprint density at radius 3 is 2.50 bits per heavy atom. The number of benzene rings is 1. The first kappa shape index (κ1) is 13.1. The van der Waals surface area contributed by atoms with Crippen molar-refractivity contribution in [3.8, 4) is 5.75 Å². The second-order valence-electron chi connectivity index (χ2n) is 3.67. The number of ether oxygens (including phenoxy) is 1. The van der Waals surface area contributed by atoms with Crippen LogP contribution in [0.1, 0.15) is 13.8 Å². The van der Waals surface area contributed by atoms with Crippen LogP contribution in [0.4, 0.5) is 5.69 Å². The molecule has 4 nitrogen and oxygen atoms in total. The number of hydrogen-bond donors (Lipinski definition) is 0. The second-order valence-corrected chi connectivity index (χ2v) is 4.43. The summed E-state index contributed by atoms with van der Waals surface area (Å²) in [6.45, 7) is 4.45. The Balaban J connectivity index is 2.98. The summed E-state index contributed by atoms with van der Waals surface area (Å²) < 4.78 is 5.37. The summed E-state index contributed by atoms with van der Waals surface area (Å²) in [6, 6.07) is 2.73. The number of nitro benzene ring substituents is 1. The van der Waals surface area contributed by atoms with Gasteiger partial charge in [-0.25, -0.2) is 0 Å². The van der Waals surface area contributed by atoms with Crippen molar-refractivity contribution in [3.63, 3.8) is 0 Å². The molecule has 0 fully saturated rings. The highest BCUT2D eigenvalue weighted by molar-refractivity contribution is 6.44. The highest BCUT2D eigenvalue weighted by Gasteiger charge is 2.18. The fourth-order valence-corrected chi connectivity index (χ4v) is 1.47. The lowest BCUT2D eigenvalue weighted by molar-refractivity contribution is -0.384. The van der Waals surface area contributed by atoms with Gasteiger partial charge in [-0.1, -0.05) is 37.0 Å². The zero-order chi connectivity index (χ0) is 12.3. The molecule has 1 aromatic carbocycles. The van der Waals surface area contributed by atoms with Crippen LogP contribution in [0, 0.1) is 16.0 Å². The fourth-order valence-electron chi connectivity index (χ4n) is 1.03. The van der Waals surface area contributed by atoms with Gasteiger partial charge in [-0.05, 0) is 12.0 Å². The molecule has 16 heavy (non-hydrogen) atoms. The molecular formula is C10H11Cl2NO3. The molecule has 0 heterocycles. The van der Waals surface area contributed by atoms with Gasteiger partial charge in [0, 0.05) is 6.07 Å². The molecule has 1 aromatic rings. The van der Waals surface area contributed by atoms with E-state index in [0.717, 1.165) is 0 Å². The first-order valence-corrected chi connectivity index (χ1v) is 5.44. The molecule has 0 saturated heterocycles. The molecule has 0 atom stereocenters. The van der Waals surface area contributed by atoms with Crippen LogP contribution in [-0.4, -0.2) is 11.5 Å². The van der Waals surface area contributed by atoms with Crippen molar-refractivity contribution in [2.45, 2.75) is 13.8 Å². The van der Waals surface area contributed by atoms with Crippen molar-refractivity contribution in [2.24, 2.45) is 5.92 Å². The number of halogens is 2. The maximum Gasteiger partial charge on any atom is 0.289 e. The van der Waals surface area contributed by atoms with Crippen LogP contribution >= 0.6 is 23.2 Å². The van der Waals surface area contributed by atoms with Crippen LogP contribution in [0.15, 0.2) is 12.1 Å². The molecule has 1 rings (SSSR count). The molecule has 0 N–H and O–H groups in total. The highest BCUT2D eigenvalue weighted by Crippen LogP contribution is 2.38. The summed E-state index contributed by atoms with van der Waals surface area (Å²) in [4.78, 5) is 9.99. The lowest BCUT2D eigenvalue weighted by Gasteiger charge is -2.10. The topological polar surface area (TPSA) is 52.4 Å². The normalized spacial score (nSPS) is 10.6. The van der Waals surface area contributed by atoms with Crippen LogP contribution in [0.25, 0.3) is 0 Å². The minimum Gasteiger partial charge on any atom is -0.492 e. The van der Waals surface area contributed by atoms with Crippen molar-refractivity contribution in [1.82, 2.24) is 0 Å². The summed E-state index contributed by atoms with van der Waals surface area (Å²) in [5.74, 6) is 0.705. The van der Waals surface area contributed by atoms with E-state index < -0.39 is 4.92 Å². The Morgan fingerprint density at radius 2 is 2.00 bits per heavy atom. The van der Waals surface area contributed by atoms with E-state index in [1.807, 2.05) is 13.8 Å². The molecule has 0 aliphatic carbocycles. The van der Waals surface area contributed by atoms with Crippen molar-refractivity contribution in [3.05, 3.63) is 32.3 Å². The molecule has 0 aliphatic heterocycles.